The molecule has 0 spiro atoms. The van der Waals surface area contributed by atoms with E-state index in [1.165, 1.54) is 0 Å². The van der Waals surface area contributed by atoms with Crippen LogP contribution in [0.1, 0.15) is 12.5 Å². The molecule has 1 N–H and O–H groups in total. The highest BCUT2D eigenvalue weighted by atomic mass is 16.5. The zero-order valence-corrected chi connectivity index (χ0v) is 18.0. The van der Waals surface area contributed by atoms with Crippen molar-refractivity contribution < 1.29 is 19.0 Å². The number of hydrogen-bond donors (Lipinski definition) is 1. The summed E-state index contributed by atoms with van der Waals surface area (Å²) in [4.78, 5) is 18.6. The number of carbonyl (C=O) groups is 1. The average Bonchev–Trinajstić information content (AvgIpc) is 2.84. The van der Waals surface area contributed by atoms with Crippen molar-refractivity contribution in [1.82, 2.24) is 9.88 Å². The van der Waals surface area contributed by atoms with E-state index in [2.05, 4.69) is 15.5 Å². The van der Waals surface area contributed by atoms with E-state index >= 15 is 0 Å². The van der Waals surface area contributed by atoms with Crippen LogP contribution in [0.15, 0.2) is 59.7 Å². The molecule has 8 nitrogen and oxygen atoms in total. The van der Waals surface area contributed by atoms with Gasteiger partial charge < -0.3 is 19.1 Å². The average molecular weight is 434 g/mol. The van der Waals surface area contributed by atoms with Gasteiger partial charge in [0.1, 0.15) is 5.82 Å². The van der Waals surface area contributed by atoms with Crippen molar-refractivity contribution >= 4 is 28.8 Å². The van der Waals surface area contributed by atoms with Gasteiger partial charge in [0.05, 0.1) is 31.6 Å². The monoisotopic (exact) mass is 434 g/mol. The number of hydrazone groups is 1. The normalized spacial score (nSPS) is 14.0. The number of pyridine rings is 1. The predicted molar refractivity (Wildman–Crippen MR) is 123 cm³/mol. The first-order valence-electron chi connectivity index (χ1n) is 10.6. The van der Waals surface area contributed by atoms with Crippen LogP contribution in [0, 0.1) is 0 Å². The summed E-state index contributed by atoms with van der Waals surface area (Å²) in [7, 11) is 0. The second-order valence-electron chi connectivity index (χ2n) is 7.18. The largest absolute Gasteiger partial charge is 0.490 e. The van der Waals surface area contributed by atoms with E-state index in [0.29, 0.717) is 50.2 Å². The molecule has 0 bridgehead atoms. The van der Waals surface area contributed by atoms with Gasteiger partial charge in [0, 0.05) is 18.5 Å². The number of nitrogens with one attached hydrogen (secondary N) is 1. The molecule has 2 heterocycles. The van der Waals surface area contributed by atoms with E-state index in [9.17, 15) is 4.79 Å². The molecule has 1 aliphatic heterocycles. The highest BCUT2D eigenvalue weighted by Crippen LogP contribution is 2.28. The fraction of sp³-hybridized carbons (Fsp3) is 0.292. The molecule has 1 aromatic heterocycles. The van der Waals surface area contributed by atoms with Crippen molar-refractivity contribution in [2.24, 2.45) is 5.10 Å². The Kier molecular flexibility index (Phi) is 7.14. The Hall–Kier alpha value is -3.65. The molecule has 0 radical (unpaired) electrons. The fourth-order valence-corrected chi connectivity index (χ4v) is 3.34. The molecule has 0 saturated carbocycles. The number of ether oxygens (including phenoxy) is 3. The van der Waals surface area contributed by atoms with Crippen molar-refractivity contribution in [3.05, 3.63) is 60.2 Å². The van der Waals surface area contributed by atoms with Crippen molar-refractivity contribution in [2.75, 3.05) is 44.9 Å². The minimum atomic E-state index is -0.0616. The number of aromatic nitrogens is 1. The van der Waals surface area contributed by atoms with Gasteiger partial charge in [0.2, 0.25) is 0 Å². The Morgan fingerprint density at radius 2 is 1.97 bits per heavy atom. The van der Waals surface area contributed by atoms with E-state index in [-0.39, 0.29) is 12.5 Å². The number of amides is 1. The number of anilines is 1. The maximum atomic E-state index is 12.3. The van der Waals surface area contributed by atoms with Crippen LogP contribution in [0.4, 0.5) is 5.82 Å². The Labute approximate surface area is 186 Å². The first-order chi connectivity index (χ1) is 15.7. The third-order valence-corrected chi connectivity index (χ3v) is 4.97. The summed E-state index contributed by atoms with van der Waals surface area (Å²) in [6, 6.07) is 17.3. The Morgan fingerprint density at radius 3 is 2.81 bits per heavy atom. The Morgan fingerprint density at radius 1 is 1.12 bits per heavy atom. The molecule has 1 amide bonds. The topological polar surface area (TPSA) is 85.3 Å². The molecule has 2 aromatic carbocycles. The van der Waals surface area contributed by atoms with E-state index in [1.807, 2.05) is 55.5 Å². The molecule has 3 aromatic rings. The number of hydrogen-bond acceptors (Lipinski definition) is 7. The summed E-state index contributed by atoms with van der Waals surface area (Å²) in [5.41, 5.74) is 4.68. The van der Waals surface area contributed by atoms with Gasteiger partial charge in [-0.25, -0.2) is 4.98 Å². The van der Waals surface area contributed by atoms with E-state index in [1.54, 1.807) is 17.2 Å². The van der Waals surface area contributed by atoms with Crippen LogP contribution in [-0.2, 0) is 9.53 Å². The van der Waals surface area contributed by atoms with E-state index in [4.69, 9.17) is 14.2 Å². The van der Waals surface area contributed by atoms with Crippen LogP contribution >= 0.6 is 0 Å². The summed E-state index contributed by atoms with van der Waals surface area (Å²) >= 11 is 0. The lowest BCUT2D eigenvalue weighted by atomic mass is 10.2. The third-order valence-electron chi connectivity index (χ3n) is 4.97. The van der Waals surface area contributed by atoms with Gasteiger partial charge in [-0.2, -0.15) is 5.10 Å². The molecule has 8 heteroatoms. The Balaban J connectivity index is 1.39. The number of rotatable bonds is 8. The quantitative estimate of drug-likeness (QED) is 0.433. The number of nitrogens with zero attached hydrogens (tertiary/aromatic N) is 3. The van der Waals surface area contributed by atoms with E-state index in [0.717, 1.165) is 16.5 Å². The first kappa shape index (κ1) is 21.6. The minimum Gasteiger partial charge on any atom is -0.490 e. The van der Waals surface area contributed by atoms with Gasteiger partial charge in [-0.15, -0.1) is 0 Å². The van der Waals surface area contributed by atoms with Gasteiger partial charge in [0.15, 0.2) is 18.1 Å². The molecule has 0 aliphatic carbocycles. The molecule has 4 rings (SSSR count). The zero-order valence-electron chi connectivity index (χ0n) is 18.0. The minimum absolute atomic E-state index is 0.0390. The smallest absolute Gasteiger partial charge is 0.260 e. The number of carbonyl (C=O) groups excluding carboxylic acids is 1. The number of benzene rings is 2. The second-order valence-corrected chi connectivity index (χ2v) is 7.18. The molecule has 1 aliphatic rings. The fourth-order valence-electron chi connectivity index (χ4n) is 3.34. The SMILES string of the molecule is CCOc1cc(/C=N\Nc2ccc3ccccc3n2)ccc1OCC(=O)N1CCOCC1. The van der Waals surface area contributed by atoms with Crippen LogP contribution in [0.25, 0.3) is 10.9 Å². The van der Waals surface area contributed by atoms with Gasteiger partial charge in [-0.1, -0.05) is 18.2 Å². The summed E-state index contributed by atoms with van der Waals surface area (Å²) in [5, 5.41) is 5.35. The van der Waals surface area contributed by atoms with E-state index < -0.39 is 0 Å². The lowest BCUT2D eigenvalue weighted by molar-refractivity contribution is -0.137. The van der Waals surface area contributed by atoms with Crippen molar-refractivity contribution in [3.8, 4) is 11.5 Å². The van der Waals surface area contributed by atoms with Crippen LogP contribution in [0.2, 0.25) is 0 Å². The molecule has 166 valence electrons. The van der Waals surface area contributed by atoms with Gasteiger partial charge in [0.25, 0.3) is 5.91 Å². The zero-order chi connectivity index (χ0) is 22.2. The Bertz CT molecular complexity index is 1100. The third kappa shape index (κ3) is 5.53. The number of para-hydroxylation sites is 1. The molecule has 1 saturated heterocycles. The first-order valence-corrected chi connectivity index (χ1v) is 10.6. The molecule has 32 heavy (non-hydrogen) atoms. The lowest BCUT2D eigenvalue weighted by Gasteiger charge is -2.26. The van der Waals surface area contributed by atoms with Crippen molar-refractivity contribution in [1.29, 1.82) is 0 Å². The standard InChI is InChI=1S/C24H26N4O4/c1-2-31-22-15-18(7-9-21(22)32-17-24(29)28-11-13-30-14-12-28)16-25-27-23-10-8-19-5-3-4-6-20(19)26-23/h3-10,15-16H,2,11-14,17H2,1H3,(H,26,27)/b25-16-. The van der Waals surface area contributed by atoms with Gasteiger partial charge in [-0.3, -0.25) is 10.2 Å². The van der Waals surface area contributed by atoms with Crippen molar-refractivity contribution in [3.63, 3.8) is 0 Å². The molecule has 1 fully saturated rings. The van der Waals surface area contributed by atoms with Crippen LogP contribution in [0.5, 0.6) is 11.5 Å². The number of fused-ring (bicyclic) bond motifs is 1. The summed E-state index contributed by atoms with van der Waals surface area (Å²) in [6.07, 6.45) is 1.68. The van der Waals surface area contributed by atoms with Crippen LogP contribution < -0.4 is 14.9 Å². The van der Waals surface area contributed by atoms with Gasteiger partial charge >= 0.3 is 0 Å². The second kappa shape index (κ2) is 10.6. The van der Waals surface area contributed by atoms with Crippen LogP contribution in [0.3, 0.4) is 0 Å². The molecule has 0 unspecified atom stereocenters. The maximum Gasteiger partial charge on any atom is 0.260 e. The highest BCUT2D eigenvalue weighted by Gasteiger charge is 2.18. The maximum absolute atomic E-state index is 12.3. The predicted octanol–water partition coefficient (Wildman–Crippen LogP) is 3.32. The summed E-state index contributed by atoms with van der Waals surface area (Å²) in [6.45, 7) is 4.65. The summed E-state index contributed by atoms with van der Waals surface area (Å²) < 4.78 is 16.7. The van der Waals surface area contributed by atoms with Gasteiger partial charge in [-0.05, 0) is 48.9 Å². The summed E-state index contributed by atoms with van der Waals surface area (Å²) in [5.74, 6) is 1.69. The van der Waals surface area contributed by atoms with Crippen molar-refractivity contribution in [2.45, 2.75) is 6.92 Å². The lowest BCUT2D eigenvalue weighted by Crippen LogP contribution is -2.43. The molecule has 0 atom stereocenters. The van der Waals surface area contributed by atoms with Crippen LogP contribution in [-0.4, -0.2) is 61.5 Å². The molecular weight excluding hydrogens is 408 g/mol. The molecular formula is C24H26N4O4. The number of morpholine rings is 1. The highest BCUT2D eigenvalue weighted by molar-refractivity contribution is 5.83.